The second-order valence-corrected chi connectivity index (χ2v) is 11.5. The average molecular weight is 648 g/mol. The number of aromatic nitrogens is 3. The van der Waals surface area contributed by atoms with E-state index in [0.717, 1.165) is 5.56 Å². The van der Waals surface area contributed by atoms with Crippen LogP contribution in [0.25, 0.3) is 11.8 Å². The number of pyridine rings is 1. The largest absolute Gasteiger partial charge is 0.436 e. The van der Waals surface area contributed by atoms with Gasteiger partial charge in [-0.05, 0) is 91.6 Å². The van der Waals surface area contributed by atoms with Crippen LogP contribution in [-0.4, -0.2) is 51.1 Å². The lowest BCUT2D eigenvalue weighted by atomic mass is 9.86. The van der Waals surface area contributed by atoms with Crippen LogP contribution in [0.3, 0.4) is 0 Å². The lowest BCUT2D eigenvalue weighted by Crippen LogP contribution is -2.37. The molecular formula is C35H36F3N5O4. The highest BCUT2D eigenvalue weighted by atomic mass is 19.3. The van der Waals surface area contributed by atoms with Crippen LogP contribution in [0.15, 0.2) is 60.4 Å². The molecule has 1 aliphatic rings. The monoisotopic (exact) mass is 647 g/mol. The number of carbonyl (C=O) groups is 2. The number of rotatable bonds is 10. The van der Waals surface area contributed by atoms with E-state index in [2.05, 4.69) is 10.1 Å². The first-order valence-electron chi connectivity index (χ1n) is 15.3. The number of anilines is 1. The molecule has 5 rings (SSSR count). The second kappa shape index (κ2) is 14.1. The molecule has 0 atom stereocenters. The number of nitrogen functional groups attached to an aromatic ring is 1. The van der Waals surface area contributed by atoms with Crippen LogP contribution in [0.1, 0.15) is 71.6 Å². The summed E-state index contributed by atoms with van der Waals surface area (Å²) in [7, 11) is 0. The molecule has 9 nitrogen and oxygen atoms in total. The number of nitrogens with two attached hydrogens (primary N) is 1. The maximum absolute atomic E-state index is 14.0. The fourth-order valence-electron chi connectivity index (χ4n) is 5.74. The van der Waals surface area contributed by atoms with E-state index in [0.29, 0.717) is 60.3 Å². The average Bonchev–Trinajstić information content (AvgIpc) is 3.43. The SMILES string of the molecule is CCC(=O)N1CCC(c2cc(C)c(/C=C(\C)C(=O)c3cnn(-c4cnc(Oc5ccccc5F)cc4C)c3N)cc2OC(F)F)CC1. The summed E-state index contributed by atoms with van der Waals surface area (Å²) in [6, 6.07) is 10.9. The number of aryl methyl sites for hydroxylation is 2. The zero-order chi connectivity index (χ0) is 33.8. The van der Waals surface area contributed by atoms with Crippen molar-refractivity contribution in [2.75, 3.05) is 18.8 Å². The van der Waals surface area contributed by atoms with Gasteiger partial charge in [-0.15, -0.1) is 0 Å². The second-order valence-electron chi connectivity index (χ2n) is 11.5. The number of likely N-dealkylation sites (tertiary alicyclic amines) is 1. The van der Waals surface area contributed by atoms with Gasteiger partial charge < -0.3 is 20.1 Å². The van der Waals surface area contributed by atoms with Crippen LogP contribution < -0.4 is 15.2 Å². The van der Waals surface area contributed by atoms with Gasteiger partial charge >= 0.3 is 6.61 Å². The summed E-state index contributed by atoms with van der Waals surface area (Å²) in [4.78, 5) is 31.7. The fraction of sp³-hybridized carbons (Fsp3) is 0.314. The molecule has 1 aliphatic heterocycles. The van der Waals surface area contributed by atoms with Crippen molar-refractivity contribution >= 4 is 23.6 Å². The Balaban J connectivity index is 1.37. The number of ketones is 1. The number of carbonyl (C=O) groups excluding carboxylic acids is 2. The quantitative estimate of drug-likeness (QED) is 0.141. The van der Waals surface area contributed by atoms with Gasteiger partial charge in [-0.2, -0.15) is 13.9 Å². The number of allylic oxidation sites excluding steroid dienone is 1. The molecule has 2 N–H and O–H groups in total. The lowest BCUT2D eigenvalue weighted by Gasteiger charge is -2.33. The molecule has 4 aromatic rings. The van der Waals surface area contributed by atoms with Gasteiger partial charge in [0.05, 0.1) is 23.6 Å². The van der Waals surface area contributed by atoms with E-state index in [-0.39, 0.29) is 40.6 Å². The number of hydrogen-bond donors (Lipinski definition) is 1. The molecule has 2 aromatic carbocycles. The standard InChI is InChI=1S/C35H36F3N5O4/c1-5-32(44)42-12-10-23(11-13-42)25-15-20(2)24(17-30(25)47-35(37)38)14-22(4)33(45)26-18-41-43(34(26)39)28-19-40-31(16-21(28)3)46-29-9-7-6-8-27(29)36/h6-9,14-19,23,35H,5,10-13,39H2,1-4H3/b22-14+. The number of alkyl halides is 2. The molecule has 47 heavy (non-hydrogen) atoms. The predicted molar refractivity (Wildman–Crippen MR) is 172 cm³/mol. The number of Topliss-reactive ketones (excluding diaryl/α,β-unsaturated/α-hetero) is 1. The highest BCUT2D eigenvalue weighted by Gasteiger charge is 2.27. The molecule has 0 aliphatic carbocycles. The summed E-state index contributed by atoms with van der Waals surface area (Å²) >= 11 is 0. The van der Waals surface area contributed by atoms with E-state index in [9.17, 15) is 22.8 Å². The first-order valence-corrected chi connectivity index (χ1v) is 15.3. The molecule has 1 fully saturated rings. The Morgan fingerprint density at radius 2 is 1.79 bits per heavy atom. The van der Waals surface area contributed by atoms with Crippen molar-refractivity contribution in [3.05, 3.63) is 94.1 Å². The highest BCUT2D eigenvalue weighted by Crippen LogP contribution is 2.38. The Morgan fingerprint density at radius 1 is 1.06 bits per heavy atom. The third kappa shape index (κ3) is 7.32. The Labute approximate surface area is 270 Å². The number of ether oxygens (including phenoxy) is 2. The summed E-state index contributed by atoms with van der Waals surface area (Å²) < 4.78 is 52.9. The smallest absolute Gasteiger partial charge is 0.387 e. The van der Waals surface area contributed by atoms with Crippen molar-refractivity contribution in [3.63, 3.8) is 0 Å². The van der Waals surface area contributed by atoms with Crippen LogP contribution in [0.4, 0.5) is 19.0 Å². The lowest BCUT2D eigenvalue weighted by molar-refractivity contribution is -0.131. The van der Waals surface area contributed by atoms with Crippen molar-refractivity contribution in [3.8, 4) is 23.1 Å². The molecule has 2 aromatic heterocycles. The van der Waals surface area contributed by atoms with E-state index in [1.165, 1.54) is 35.3 Å². The Morgan fingerprint density at radius 3 is 2.45 bits per heavy atom. The highest BCUT2D eigenvalue weighted by molar-refractivity contribution is 6.13. The number of piperidine rings is 1. The van der Waals surface area contributed by atoms with Crippen LogP contribution in [-0.2, 0) is 4.79 Å². The minimum Gasteiger partial charge on any atom is -0.436 e. The van der Waals surface area contributed by atoms with E-state index >= 15 is 0 Å². The molecule has 3 heterocycles. The first kappa shape index (κ1) is 33.2. The number of nitrogens with zero attached hydrogens (tertiary/aromatic N) is 4. The maximum atomic E-state index is 14.0. The van der Waals surface area contributed by atoms with Crippen LogP contribution in [0, 0.1) is 19.7 Å². The van der Waals surface area contributed by atoms with E-state index in [1.807, 2.05) is 19.9 Å². The van der Waals surface area contributed by atoms with Gasteiger partial charge in [0, 0.05) is 25.6 Å². The molecule has 1 saturated heterocycles. The number of amides is 1. The Kier molecular flexibility index (Phi) is 9.97. The fourth-order valence-corrected chi connectivity index (χ4v) is 5.74. The third-order valence-corrected chi connectivity index (χ3v) is 8.32. The predicted octanol–water partition coefficient (Wildman–Crippen LogP) is 7.40. The zero-order valence-electron chi connectivity index (χ0n) is 26.6. The number of para-hydroxylation sites is 1. The summed E-state index contributed by atoms with van der Waals surface area (Å²) in [5, 5.41) is 4.31. The summed E-state index contributed by atoms with van der Waals surface area (Å²) in [6.07, 6.45) is 6.13. The van der Waals surface area contributed by atoms with Crippen LogP contribution in [0.2, 0.25) is 0 Å². The van der Waals surface area contributed by atoms with Crippen molar-refractivity contribution < 1.29 is 32.2 Å². The van der Waals surface area contributed by atoms with E-state index < -0.39 is 18.2 Å². The molecule has 0 unspecified atom stereocenters. The third-order valence-electron chi connectivity index (χ3n) is 8.32. The number of benzene rings is 2. The molecule has 0 spiro atoms. The first-order chi connectivity index (χ1) is 22.5. The van der Waals surface area contributed by atoms with E-state index in [4.69, 9.17) is 15.2 Å². The summed E-state index contributed by atoms with van der Waals surface area (Å²) in [6.45, 7) is 5.13. The van der Waals surface area contributed by atoms with Gasteiger partial charge in [0.1, 0.15) is 11.6 Å². The molecule has 246 valence electrons. The van der Waals surface area contributed by atoms with Crippen LogP contribution in [0.5, 0.6) is 17.4 Å². The van der Waals surface area contributed by atoms with Gasteiger partial charge in [-0.3, -0.25) is 9.59 Å². The van der Waals surface area contributed by atoms with Gasteiger partial charge in [-0.1, -0.05) is 25.1 Å². The molecule has 0 radical (unpaired) electrons. The molecular weight excluding hydrogens is 611 g/mol. The summed E-state index contributed by atoms with van der Waals surface area (Å²) in [5.41, 5.74) is 9.99. The normalized spacial score (nSPS) is 14.0. The Hall–Kier alpha value is -5.13. The topological polar surface area (TPSA) is 113 Å². The molecule has 0 saturated carbocycles. The number of halogens is 3. The summed E-state index contributed by atoms with van der Waals surface area (Å²) in [5.74, 6) is -0.558. The van der Waals surface area contributed by atoms with Crippen molar-refractivity contribution in [2.24, 2.45) is 0 Å². The zero-order valence-corrected chi connectivity index (χ0v) is 26.6. The van der Waals surface area contributed by atoms with Gasteiger partial charge in [0.15, 0.2) is 17.3 Å². The molecule has 0 bridgehead atoms. The minimum atomic E-state index is -3.03. The minimum absolute atomic E-state index is 0.0316. The van der Waals surface area contributed by atoms with Crippen molar-refractivity contribution in [2.45, 2.75) is 59.5 Å². The Bertz CT molecular complexity index is 1830. The molecule has 1 amide bonds. The van der Waals surface area contributed by atoms with E-state index in [1.54, 1.807) is 43.0 Å². The van der Waals surface area contributed by atoms with Crippen molar-refractivity contribution in [1.29, 1.82) is 0 Å². The molecule has 12 heteroatoms. The van der Waals surface area contributed by atoms with Gasteiger partial charge in [0.25, 0.3) is 0 Å². The van der Waals surface area contributed by atoms with Crippen LogP contribution >= 0.6 is 0 Å². The van der Waals surface area contributed by atoms with Gasteiger partial charge in [0.2, 0.25) is 11.8 Å². The van der Waals surface area contributed by atoms with Gasteiger partial charge in [-0.25, -0.2) is 14.1 Å². The number of hydrogen-bond acceptors (Lipinski definition) is 7. The van der Waals surface area contributed by atoms with Crippen molar-refractivity contribution in [1.82, 2.24) is 19.7 Å². The maximum Gasteiger partial charge on any atom is 0.387 e.